The molecule has 2 aromatic carbocycles. The molecule has 1 aliphatic rings. The minimum atomic E-state index is -0.199. The van der Waals surface area contributed by atoms with Gasteiger partial charge in [-0.3, -0.25) is 0 Å². The highest BCUT2D eigenvalue weighted by Crippen LogP contribution is 2.37. The van der Waals surface area contributed by atoms with E-state index in [1.54, 1.807) is 12.1 Å². The Labute approximate surface area is 169 Å². The molecule has 0 nitrogen and oxygen atoms in total. The van der Waals surface area contributed by atoms with E-state index in [0.717, 1.165) is 23.8 Å². The molecule has 146 valence electrons. The van der Waals surface area contributed by atoms with Gasteiger partial charge in [-0.25, -0.2) is 4.39 Å². The molecule has 0 atom stereocenters. The fourth-order valence-corrected chi connectivity index (χ4v) is 4.59. The highest BCUT2D eigenvalue weighted by molar-refractivity contribution is 6.30. The maximum Gasteiger partial charge on any atom is 0.127 e. The zero-order valence-electron chi connectivity index (χ0n) is 16.5. The molecule has 1 aliphatic carbocycles. The predicted octanol–water partition coefficient (Wildman–Crippen LogP) is 8.12. The summed E-state index contributed by atoms with van der Waals surface area (Å²) in [6, 6.07) is 14.0. The van der Waals surface area contributed by atoms with E-state index in [1.165, 1.54) is 68.6 Å². The zero-order valence-corrected chi connectivity index (χ0v) is 17.3. The smallest absolute Gasteiger partial charge is 0.127 e. The monoisotopic (exact) mass is 386 g/mol. The van der Waals surface area contributed by atoms with Gasteiger partial charge in [-0.05, 0) is 79.2 Å². The highest BCUT2D eigenvalue weighted by atomic mass is 35.5. The molecule has 1 saturated carbocycles. The summed E-state index contributed by atoms with van der Waals surface area (Å²) in [6.07, 6.45) is 12.6. The van der Waals surface area contributed by atoms with E-state index in [2.05, 4.69) is 31.2 Å². The summed E-state index contributed by atoms with van der Waals surface area (Å²) in [6.45, 7) is 2.28. The van der Waals surface area contributed by atoms with Crippen molar-refractivity contribution in [3.63, 3.8) is 0 Å². The molecule has 0 bridgehead atoms. The van der Waals surface area contributed by atoms with E-state index in [9.17, 15) is 4.39 Å². The van der Waals surface area contributed by atoms with Crippen molar-refractivity contribution in [3.8, 4) is 0 Å². The number of hydrogen-bond acceptors (Lipinski definition) is 0. The molecular formula is C25H32ClF. The van der Waals surface area contributed by atoms with Gasteiger partial charge in [0.1, 0.15) is 5.82 Å². The van der Waals surface area contributed by atoms with Crippen LogP contribution in [0.4, 0.5) is 4.39 Å². The van der Waals surface area contributed by atoms with Gasteiger partial charge in [0.2, 0.25) is 0 Å². The van der Waals surface area contributed by atoms with Crippen molar-refractivity contribution >= 4 is 11.6 Å². The lowest BCUT2D eigenvalue weighted by Gasteiger charge is -2.29. The van der Waals surface area contributed by atoms with Crippen LogP contribution in [0.5, 0.6) is 0 Å². The molecule has 3 rings (SSSR count). The molecular weight excluding hydrogens is 355 g/mol. The third kappa shape index (κ3) is 6.07. The Morgan fingerprint density at radius 3 is 2.33 bits per heavy atom. The Morgan fingerprint density at radius 2 is 1.67 bits per heavy atom. The molecule has 0 saturated heterocycles. The Bertz CT molecular complexity index is 699. The maximum atomic E-state index is 13.9. The number of unbranched alkanes of at least 4 members (excludes halogenated alkanes) is 2. The van der Waals surface area contributed by atoms with Crippen LogP contribution in [0.2, 0.25) is 5.02 Å². The van der Waals surface area contributed by atoms with Crippen molar-refractivity contribution in [2.24, 2.45) is 5.92 Å². The molecule has 0 aliphatic heterocycles. The van der Waals surface area contributed by atoms with E-state index >= 15 is 0 Å². The molecule has 2 aromatic rings. The van der Waals surface area contributed by atoms with Gasteiger partial charge in [0.25, 0.3) is 0 Å². The van der Waals surface area contributed by atoms with Gasteiger partial charge >= 0.3 is 0 Å². The Kier molecular flexibility index (Phi) is 7.76. The third-order valence-corrected chi connectivity index (χ3v) is 6.45. The van der Waals surface area contributed by atoms with Crippen LogP contribution in [-0.4, -0.2) is 0 Å². The van der Waals surface area contributed by atoms with Crippen LogP contribution in [0.25, 0.3) is 0 Å². The predicted molar refractivity (Wildman–Crippen MR) is 114 cm³/mol. The molecule has 1 fully saturated rings. The van der Waals surface area contributed by atoms with E-state index in [4.69, 9.17) is 11.6 Å². The SMILES string of the molecule is CCCCC[C@H]1CC[C@H](c2ccc(CCc3ccc(Cl)cc3F)cc2)CC1. The lowest BCUT2D eigenvalue weighted by atomic mass is 9.77. The van der Waals surface area contributed by atoms with Gasteiger partial charge in [0.15, 0.2) is 0 Å². The molecule has 27 heavy (non-hydrogen) atoms. The van der Waals surface area contributed by atoms with Crippen molar-refractivity contribution in [3.05, 3.63) is 70.0 Å². The van der Waals surface area contributed by atoms with Gasteiger partial charge in [-0.15, -0.1) is 0 Å². The standard InChI is InChI=1S/C25H32ClF/c1-2-3-4-5-19-6-11-21(12-7-19)22-13-8-20(9-14-22)10-15-23-16-17-24(26)18-25(23)27/h8-9,13-14,16-19,21H,2-7,10-12,15H2,1H3/t19-,21-. The quantitative estimate of drug-likeness (QED) is 0.402. The molecule has 2 heteroatoms. The van der Waals surface area contributed by atoms with Crippen LogP contribution in [0, 0.1) is 11.7 Å². The zero-order chi connectivity index (χ0) is 19.1. The van der Waals surface area contributed by atoms with Gasteiger partial charge < -0.3 is 0 Å². The van der Waals surface area contributed by atoms with Crippen LogP contribution >= 0.6 is 11.6 Å². The first-order chi connectivity index (χ1) is 13.2. The van der Waals surface area contributed by atoms with Crippen molar-refractivity contribution in [1.82, 2.24) is 0 Å². The van der Waals surface area contributed by atoms with Crippen LogP contribution < -0.4 is 0 Å². The summed E-state index contributed by atoms with van der Waals surface area (Å²) in [5, 5.41) is 0.459. The molecule has 0 radical (unpaired) electrons. The summed E-state index contributed by atoms with van der Waals surface area (Å²) >= 11 is 5.83. The number of benzene rings is 2. The largest absolute Gasteiger partial charge is 0.207 e. The second-order valence-electron chi connectivity index (χ2n) is 8.19. The van der Waals surface area contributed by atoms with Crippen molar-refractivity contribution in [2.45, 2.75) is 77.0 Å². The van der Waals surface area contributed by atoms with Gasteiger partial charge in [-0.1, -0.05) is 74.5 Å². The van der Waals surface area contributed by atoms with E-state index < -0.39 is 0 Å². The minimum absolute atomic E-state index is 0.199. The van der Waals surface area contributed by atoms with Crippen molar-refractivity contribution in [1.29, 1.82) is 0 Å². The van der Waals surface area contributed by atoms with Gasteiger partial charge in [-0.2, -0.15) is 0 Å². The fourth-order valence-electron chi connectivity index (χ4n) is 4.43. The topological polar surface area (TPSA) is 0 Å². The van der Waals surface area contributed by atoms with Crippen LogP contribution in [-0.2, 0) is 12.8 Å². The Balaban J connectivity index is 1.47. The molecule has 0 amide bonds. The molecule has 0 N–H and O–H groups in total. The first-order valence-corrected chi connectivity index (χ1v) is 11.1. The lowest BCUT2D eigenvalue weighted by molar-refractivity contribution is 0.303. The normalized spacial score (nSPS) is 20.0. The summed E-state index contributed by atoms with van der Waals surface area (Å²) < 4.78 is 13.9. The average Bonchev–Trinajstić information content (AvgIpc) is 2.69. The summed E-state index contributed by atoms with van der Waals surface area (Å²) in [5.74, 6) is 1.49. The van der Waals surface area contributed by atoms with Crippen molar-refractivity contribution < 1.29 is 4.39 Å². The number of rotatable bonds is 8. The number of halogens is 2. The summed E-state index contributed by atoms with van der Waals surface area (Å²) in [7, 11) is 0. The van der Waals surface area contributed by atoms with E-state index in [-0.39, 0.29) is 5.82 Å². The lowest BCUT2D eigenvalue weighted by Crippen LogP contribution is -2.13. The first-order valence-electron chi connectivity index (χ1n) is 10.7. The minimum Gasteiger partial charge on any atom is -0.207 e. The molecule has 0 unspecified atom stereocenters. The van der Waals surface area contributed by atoms with Gasteiger partial charge in [0, 0.05) is 5.02 Å². The van der Waals surface area contributed by atoms with Crippen LogP contribution in [0.15, 0.2) is 42.5 Å². The molecule has 0 spiro atoms. The third-order valence-electron chi connectivity index (χ3n) is 6.21. The fraction of sp³-hybridized carbons (Fsp3) is 0.520. The second-order valence-corrected chi connectivity index (χ2v) is 8.63. The van der Waals surface area contributed by atoms with Crippen molar-refractivity contribution in [2.75, 3.05) is 0 Å². The number of aryl methyl sites for hydroxylation is 2. The Hall–Kier alpha value is -1.34. The second kappa shape index (κ2) is 10.3. The molecule has 0 aromatic heterocycles. The highest BCUT2D eigenvalue weighted by Gasteiger charge is 2.21. The molecule has 0 heterocycles. The first kappa shape index (κ1) is 20.4. The van der Waals surface area contributed by atoms with E-state index in [0.29, 0.717) is 11.4 Å². The van der Waals surface area contributed by atoms with Crippen LogP contribution in [0.1, 0.15) is 80.9 Å². The maximum absolute atomic E-state index is 13.9. The summed E-state index contributed by atoms with van der Waals surface area (Å²) in [5.41, 5.74) is 3.51. The summed E-state index contributed by atoms with van der Waals surface area (Å²) in [4.78, 5) is 0. The average molecular weight is 387 g/mol. The number of hydrogen-bond donors (Lipinski definition) is 0. The van der Waals surface area contributed by atoms with E-state index in [1.807, 2.05) is 0 Å². The Morgan fingerprint density at radius 1 is 0.926 bits per heavy atom. The van der Waals surface area contributed by atoms with Gasteiger partial charge in [0.05, 0.1) is 0 Å². The van der Waals surface area contributed by atoms with Crippen LogP contribution in [0.3, 0.4) is 0 Å².